The highest BCUT2D eigenvalue weighted by Gasteiger charge is 2.29. The summed E-state index contributed by atoms with van der Waals surface area (Å²) in [7, 11) is 0. The molecule has 25 heavy (non-hydrogen) atoms. The number of phenols is 2. The minimum atomic E-state index is -1.76. The quantitative estimate of drug-likeness (QED) is 0.283. The topological polar surface area (TPSA) is 128 Å². The predicted molar refractivity (Wildman–Crippen MR) is 96.7 cm³/mol. The first-order valence-corrected chi connectivity index (χ1v) is 7.61. The van der Waals surface area contributed by atoms with E-state index in [4.69, 9.17) is 21.9 Å². The van der Waals surface area contributed by atoms with Crippen molar-refractivity contribution in [1.29, 1.82) is 0 Å². The van der Waals surface area contributed by atoms with E-state index in [1.54, 1.807) is 12.1 Å². The Kier molecular flexibility index (Phi) is 4.22. The third-order valence-electron chi connectivity index (χ3n) is 3.85. The smallest absolute Gasteiger partial charge is 0.241 e. The lowest BCUT2D eigenvalue weighted by atomic mass is 9.99. The molecule has 6 nitrogen and oxygen atoms in total. The Bertz CT molecular complexity index is 878. The van der Waals surface area contributed by atoms with Gasteiger partial charge in [0.2, 0.25) is 5.85 Å². The number of hydrogen-bond donors (Lipinski definition) is 5. The van der Waals surface area contributed by atoms with Crippen LogP contribution in [0.1, 0.15) is 5.56 Å². The summed E-state index contributed by atoms with van der Waals surface area (Å²) in [6.07, 6.45) is 0. The maximum Gasteiger partial charge on any atom is 0.241 e. The van der Waals surface area contributed by atoms with Gasteiger partial charge < -0.3 is 20.7 Å². The molecule has 0 aromatic heterocycles. The van der Waals surface area contributed by atoms with Gasteiger partial charge in [-0.2, -0.15) is 0 Å². The molecule has 0 saturated carbocycles. The van der Waals surface area contributed by atoms with Crippen LogP contribution in [-0.2, 0) is 5.85 Å². The van der Waals surface area contributed by atoms with Gasteiger partial charge >= 0.3 is 0 Å². The van der Waals surface area contributed by atoms with E-state index in [0.29, 0.717) is 11.3 Å². The molecule has 6 heteroatoms. The lowest BCUT2D eigenvalue weighted by Crippen LogP contribution is -2.51. The maximum atomic E-state index is 10.5. The van der Waals surface area contributed by atoms with Gasteiger partial charge in [-0.05, 0) is 42.0 Å². The molecule has 0 atom stereocenters. The lowest BCUT2D eigenvalue weighted by molar-refractivity contribution is 0.0812. The summed E-state index contributed by atoms with van der Waals surface area (Å²) in [5.41, 5.74) is 19.9. The molecular formula is C19H19N3O3. The number of benzene rings is 3. The van der Waals surface area contributed by atoms with Crippen molar-refractivity contribution in [3.05, 3.63) is 72.3 Å². The zero-order valence-electron chi connectivity index (χ0n) is 13.4. The van der Waals surface area contributed by atoms with Gasteiger partial charge in [-0.25, -0.2) is 0 Å². The van der Waals surface area contributed by atoms with Crippen LogP contribution in [0, 0.1) is 0 Å². The first-order valence-electron chi connectivity index (χ1n) is 7.61. The monoisotopic (exact) mass is 337 g/mol. The van der Waals surface area contributed by atoms with Crippen LogP contribution >= 0.6 is 0 Å². The van der Waals surface area contributed by atoms with Crippen molar-refractivity contribution in [2.45, 2.75) is 5.85 Å². The molecule has 0 aliphatic rings. The van der Waals surface area contributed by atoms with Crippen molar-refractivity contribution in [3.63, 3.8) is 0 Å². The highest BCUT2D eigenvalue weighted by molar-refractivity contribution is 5.79. The van der Waals surface area contributed by atoms with Gasteiger partial charge in [0.15, 0.2) is 0 Å². The second kappa shape index (κ2) is 6.35. The van der Waals surface area contributed by atoms with E-state index in [-0.39, 0.29) is 22.7 Å². The van der Waals surface area contributed by atoms with Crippen LogP contribution in [0.3, 0.4) is 0 Å². The Balaban J connectivity index is 1.96. The van der Waals surface area contributed by atoms with Crippen molar-refractivity contribution < 1.29 is 14.9 Å². The first-order chi connectivity index (χ1) is 11.9. The molecule has 0 radical (unpaired) electrons. The number of anilines is 1. The number of aromatic hydroxyl groups is 2. The molecule has 3 rings (SSSR count). The van der Waals surface area contributed by atoms with Crippen LogP contribution in [0.5, 0.6) is 17.2 Å². The molecule has 0 fully saturated rings. The maximum absolute atomic E-state index is 10.5. The summed E-state index contributed by atoms with van der Waals surface area (Å²) in [4.78, 5) is 0. The minimum Gasteiger partial charge on any atom is -0.508 e. The minimum absolute atomic E-state index is 0.0464. The van der Waals surface area contributed by atoms with E-state index >= 15 is 0 Å². The highest BCUT2D eigenvalue weighted by Crippen LogP contribution is 2.38. The number of nitrogen functional groups attached to an aromatic ring is 1. The Hall–Kier alpha value is -3.22. The fraction of sp³-hybridized carbons (Fsp3) is 0.0526. The first kappa shape index (κ1) is 16.6. The molecule has 8 N–H and O–H groups in total. The predicted octanol–water partition coefficient (Wildman–Crippen LogP) is 2.45. The van der Waals surface area contributed by atoms with E-state index in [0.717, 1.165) is 5.56 Å². The van der Waals surface area contributed by atoms with Crippen LogP contribution in [0.15, 0.2) is 66.7 Å². The second-order valence-electron chi connectivity index (χ2n) is 5.68. The normalized spacial score (nSPS) is 11.3. The zero-order chi connectivity index (χ0) is 18.0. The Morgan fingerprint density at radius 1 is 0.800 bits per heavy atom. The van der Waals surface area contributed by atoms with Gasteiger partial charge in [-0.1, -0.05) is 30.3 Å². The van der Waals surface area contributed by atoms with Gasteiger partial charge in [-0.3, -0.25) is 11.5 Å². The summed E-state index contributed by atoms with van der Waals surface area (Å²) in [6, 6.07) is 18.6. The zero-order valence-corrected chi connectivity index (χ0v) is 13.4. The largest absolute Gasteiger partial charge is 0.508 e. The summed E-state index contributed by atoms with van der Waals surface area (Å²) in [5.74, 6) is -1.42. The highest BCUT2D eigenvalue weighted by atomic mass is 16.5. The third kappa shape index (κ3) is 3.35. The molecule has 0 saturated heterocycles. The standard InChI is InChI=1S/C19H19N3O3/c20-17-16(19(21,22)25-14-8-6-13(23)7-9-14)11-10-15(18(17)24)12-4-2-1-3-5-12/h1-11,23-24H,20-22H2. The fourth-order valence-corrected chi connectivity index (χ4v) is 2.56. The number of rotatable bonds is 4. The number of nitrogens with two attached hydrogens (primary N) is 3. The molecule has 0 aliphatic carbocycles. The van der Waals surface area contributed by atoms with Crippen LogP contribution < -0.4 is 21.9 Å². The average molecular weight is 337 g/mol. The van der Waals surface area contributed by atoms with Crippen LogP contribution in [0.2, 0.25) is 0 Å². The lowest BCUT2D eigenvalue weighted by Gasteiger charge is -2.28. The molecular weight excluding hydrogens is 318 g/mol. The van der Waals surface area contributed by atoms with Gasteiger partial charge in [0.25, 0.3) is 0 Å². The van der Waals surface area contributed by atoms with Gasteiger partial charge in [-0.15, -0.1) is 0 Å². The number of phenolic OH excluding ortho intramolecular Hbond substituents is 2. The van der Waals surface area contributed by atoms with Crippen molar-refractivity contribution in [3.8, 4) is 28.4 Å². The van der Waals surface area contributed by atoms with Crippen molar-refractivity contribution >= 4 is 5.69 Å². The molecule has 0 heterocycles. The molecule has 3 aromatic rings. The van der Waals surface area contributed by atoms with Crippen molar-refractivity contribution in [2.24, 2.45) is 11.5 Å². The van der Waals surface area contributed by atoms with E-state index in [9.17, 15) is 10.2 Å². The molecule has 0 unspecified atom stereocenters. The summed E-state index contributed by atoms with van der Waals surface area (Å²) >= 11 is 0. The summed E-state index contributed by atoms with van der Waals surface area (Å²) in [5, 5.41) is 19.8. The molecule has 0 spiro atoms. The third-order valence-corrected chi connectivity index (χ3v) is 3.85. The molecule has 3 aromatic carbocycles. The van der Waals surface area contributed by atoms with Crippen molar-refractivity contribution in [2.75, 3.05) is 5.73 Å². The Morgan fingerprint density at radius 3 is 2.08 bits per heavy atom. The van der Waals surface area contributed by atoms with Gasteiger partial charge in [0.1, 0.15) is 17.2 Å². The Morgan fingerprint density at radius 2 is 1.44 bits per heavy atom. The van der Waals surface area contributed by atoms with E-state index < -0.39 is 5.85 Å². The van der Waals surface area contributed by atoms with Crippen molar-refractivity contribution in [1.82, 2.24) is 0 Å². The Labute approximate surface area is 145 Å². The second-order valence-corrected chi connectivity index (χ2v) is 5.68. The fourth-order valence-electron chi connectivity index (χ4n) is 2.56. The SMILES string of the molecule is Nc1c(C(N)(N)Oc2ccc(O)cc2)ccc(-c2ccccc2)c1O. The molecule has 128 valence electrons. The van der Waals surface area contributed by atoms with Gasteiger partial charge in [0.05, 0.1) is 11.3 Å². The van der Waals surface area contributed by atoms with Crippen LogP contribution in [0.25, 0.3) is 11.1 Å². The number of ether oxygens (including phenoxy) is 1. The van der Waals surface area contributed by atoms with Crippen LogP contribution in [0.4, 0.5) is 5.69 Å². The molecule has 0 aliphatic heterocycles. The van der Waals surface area contributed by atoms with Gasteiger partial charge in [0, 0.05) is 5.56 Å². The molecule has 0 amide bonds. The van der Waals surface area contributed by atoms with E-state index in [1.165, 1.54) is 24.3 Å². The number of hydrogen-bond acceptors (Lipinski definition) is 6. The van der Waals surface area contributed by atoms with Crippen LogP contribution in [-0.4, -0.2) is 10.2 Å². The summed E-state index contributed by atoms with van der Waals surface area (Å²) < 4.78 is 5.58. The summed E-state index contributed by atoms with van der Waals surface area (Å²) in [6.45, 7) is 0. The van der Waals surface area contributed by atoms with E-state index in [1.807, 2.05) is 30.3 Å². The average Bonchev–Trinajstić information content (AvgIpc) is 2.59. The molecule has 0 bridgehead atoms. The van der Waals surface area contributed by atoms with E-state index in [2.05, 4.69) is 0 Å².